The summed E-state index contributed by atoms with van der Waals surface area (Å²) in [7, 11) is 3.98. The number of piperazine rings is 1. The monoisotopic (exact) mass is 333 g/mol. The van der Waals surface area contributed by atoms with Gasteiger partial charge in [-0.3, -0.25) is 4.90 Å². The summed E-state index contributed by atoms with van der Waals surface area (Å²) in [6.07, 6.45) is 2.56. The maximum absolute atomic E-state index is 5.46. The van der Waals surface area contributed by atoms with Gasteiger partial charge in [-0.2, -0.15) is 0 Å². The smallest absolute Gasteiger partial charge is 0.123 e. The van der Waals surface area contributed by atoms with Gasteiger partial charge in [-0.15, -0.1) is 0 Å². The van der Waals surface area contributed by atoms with Crippen molar-refractivity contribution in [1.29, 1.82) is 0 Å². The third-order valence-electron chi connectivity index (χ3n) is 5.28. The van der Waals surface area contributed by atoms with E-state index < -0.39 is 0 Å². The second kappa shape index (κ2) is 9.28. The third kappa shape index (κ3) is 4.64. The van der Waals surface area contributed by atoms with Gasteiger partial charge in [0.1, 0.15) is 5.75 Å². The lowest BCUT2D eigenvalue weighted by atomic mass is 10.0. The Hall–Kier alpha value is -1.26. The Kier molecular flexibility index (Phi) is 7.38. The Bertz CT molecular complexity index is 490. The van der Waals surface area contributed by atoms with Gasteiger partial charge in [0.15, 0.2) is 0 Å². The average Bonchev–Trinajstić information content (AvgIpc) is 2.65. The van der Waals surface area contributed by atoms with Gasteiger partial charge in [-0.05, 0) is 38.4 Å². The van der Waals surface area contributed by atoms with E-state index in [0.717, 1.165) is 24.9 Å². The SMILES string of the molecule is CC.COc1cc(N2CCC(N3CCN(C)CC3)CC2)ccc1C. The van der Waals surface area contributed by atoms with Crippen LogP contribution >= 0.6 is 0 Å². The highest BCUT2D eigenvalue weighted by atomic mass is 16.5. The number of benzene rings is 1. The van der Waals surface area contributed by atoms with Crippen LogP contribution in [0.15, 0.2) is 18.2 Å². The van der Waals surface area contributed by atoms with Crippen LogP contribution in [0.2, 0.25) is 0 Å². The standard InChI is InChI=1S/C18H29N3O.C2H6/c1-15-4-5-17(14-18(15)22-3)20-8-6-16(7-9-20)21-12-10-19(2)11-13-21;1-2/h4-5,14,16H,6-13H2,1-3H3;1-2H3. The fraction of sp³-hybridized carbons (Fsp3) is 0.700. The lowest BCUT2D eigenvalue weighted by Crippen LogP contribution is -2.52. The van der Waals surface area contributed by atoms with Crippen molar-refractivity contribution in [1.82, 2.24) is 9.80 Å². The molecule has 1 aromatic carbocycles. The molecular weight excluding hydrogens is 298 g/mol. The summed E-state index contributed by atoms with van der Waals surface area (Å²) in [6.45, 7) is 13.3. The number of hydrogen-bond acceptors (Lipinski definition) is 4. The van der Waals surface area contributed by atoms with E-state index in [4.69, 9.17) is 4.74 Å². The van der Waals surface area contributed by atoms with Crippen LogP contribution in [0.5, 0.6) is 5.75 Å². The first-order valence-electron chi connectivity index (χ1n) is 9.49. The van der Waals surface area contributed by atoms with Gasteiger partial charge in [0.05, 0.1) is 7.11 Å². The Balaban J connectivity index is 0.00000100. The molecule has 3 rings (SSSR count). The van der Waals surface area contributed by atoms with Gasteiger partial charge in [-0.25, -0.2) is 0 Å². The summed E-state index contributed by atoms with van der Waals surface area (Å²) in [5.74, 6) is 0.999. The fourth-order valence-corrected chi connectivity index (χ4v) is 3.68. The van der Waals surface area contributed by atoms with Crippen LogP contribution in [-0.4, -0.2) is 69.3 Å². The number of aryl methyl sites for hydroxylation is 1. The van der Waals surface area contributed by atoms with Gasteiger partial charge in [0.2, 0.25) is 0 Å². The second-order valence-corrected chi connectivity index (χ2v) is 6.71. The van der Waals surface area contributed by atoms with Gasteiger partial charge in [0.25, 0.3) is 0 Å². The third-order valence-corrected chi connectivity index (χ3v) is 5.28. The number of ether oxygens (including phenoxy) is 1. The number of piperidine rings is 1. The number of likely N-dealkylation sites (N-methyl/N-ethyl adjacent to an activating group) is 1. The van der Waals surface area contributed by atoms with Crippen molar-refractivity contribution in [3.8, 4) is 5.75 Å². The molecule has 2 heterocycles. The van der Waals surface area contributed by atoms with Crippen molar-refractivity contribution in [3.05, 3.63) is 23.8 Å². The molecule has 4 heteroatoms. The molecule has 4 nitrogen and oxygen atoms in total. The summed E-state index contributed by atoms with van der Waals surface area (Å²) >= 11 is 0. The first-order valence-corrected chi connectivity index (χ1v) is 9.49. The van der Waals surface area contributed by atoms with Crippen molar-refractivity contribution in [2.24, 2.45) is 0 Å². The molecule has 136 valence electrons. The lowest BCUT2D eigenvalue weighted by Gasteiger charge is -2.42. The molecule has 0 aliphatic carbocycles. The summed E-state index contributed by atoms with van der Waals surface area (Å²) in [4.78, 5) is 7.64. The van der Waals surface area contributed by atoms with Crippen LogP contribution in [0, 0.1) is 6.92 Å². The minimum Gasteiger partial charge on any atom is -0.496 e. The second-order valence-electron chi connectivity index (χ2n) is 6.71. The number of methoxy groups -OCH3 is 1. The molecule has 0 saturated carbocycles. The summed E-state index contributed by atoms with van der Waals surface area (Å²) < 4.78 is 5.46. The van der Waals surface area contributed by atoms with Crippen molar-refractivity contribution in [3.63, 3.8) is 0 Å². The number of hydrogen-bond donors (Lipinski definition) is 0. The van der Waals surface area contributed by atoms with Crippen LogP contribution in [0.1, 0.15) is 32.3 Å². The highest BCUT2D eigenvalue weighted by Crippen LogP contribution is 2.28. The zero-order valence-corrected chi connectivity index (χ0v) is 16.2. The van der Waals surface area contributed by atoms with Crippen LogP contribution in [0.3, 0.4) is 0 Å². The quantitative estimate of drug-likeness (QED) is 0.845. The van der Waals surface area contributed by atoms with E-state index in [2.05, 4.69) is 46.9 Å². The molecule has 0 amide bonds. The Morgan fingerprint density at radius 3 is 2.17 bits per heavy atom. The molecule has 24 heavy (non-hydrogen) atoms. The maximum atomic E-state index is 5.46. The van der Waals surface area contributed by atoms with Gasteiger partial charge in [0, 0.05) is 57.1 Å². The number of nitrogens with zero attached hydrogens (tertiary/aromatic N) is 3. The van der Waals surface area contributed by atoms with Crippen molar-refractivity contribution < 1.29 is 4.74 Å². The largest absolute Gasteiger partial charge is 0.496 e. The molecule has 0 bridgehead atoms. The summed E-state index contributed by atoms with van der Waals surface area (Å²) in [5, 5.41) is 0. The van der Waals surface area contributed by atoms with Crippen LogP contribution < -0.4 is 9.64 Å². The lowest BCUT2D eigenvalue weighted by molar-refractivity contribution is 0.0982. The molecule has 0 unspecified atom stereocenters. The van der Waals surface area contributed by atoms with Crippen molar-refractivity contribution in [2.45, 2.75) is 39.7 Å². The molecule has 1 aromatic rings. The predicted molar refractivity (Wildman–Crippen MR) is 103 cm³/mol. The minimum atomic E-state index is 0.775. The first kappa shape index (κ1) is 19.1. The van der Waals surface area contributed by atoms with Gasteiger partial charge >= 0.3 is 0 Å². The Morgan fingerprint density at radius 1 is 0.958 bits per heavy atom. The molecule has 0 atom stereocenters. The molecule has 2 saturated heterocycles. The molecule has 2 aliphatic rings. The topological polar surface area (TPSA) is 19.0 Å². The Labute approximate surface area is 148 Å². The summed E-state index contributed by atoms with van der Waals surface area (Å²) in [6, 6.07) is 7.36. The van der Waals surface area contributed by atoms with Crippen LogP contribution in [-0.2, 0) is 0 Å². The van der Waals surface area contributed by atoms with E-state index in [1.54, 1.807) is 7.11 Å². The molecular formula is C20H35N3O. The molecule has 2 fully saturated rings. The predicted octanol–water partition coefficient (Wildman–Crippen LogP) is 3.25. The highest BCUT2D eigenvalue weighted by Gasteiger charge is 2.26. The van der Waals surface area contributed by atoms with Crippen LogP contribution in [0.25, 0.3) is 0 Å². The molecule has 0 aromatic heterocycles. The highest BCUT2D eigenvalue weighted by molar-refractivity contribution is 5.53. The Morgan fingerprint density at radius 2 is 1.58 bits per heavy atom. The van der Waals surface area contributed by atoms with E-state index in [0.29, 0.717) is 0 Å². The van der Waals surface area contributed by atoms with Crippen molar-refractivity contribution >= 4 is 5.69 Å². The van der Waals surface area contributed by atoms with Crippen LogP contribution in [0.4, 0.5) is 5.69 Å². The first-order chi connectivity index (χ1) is 11.7. The zero-order valence-electron chi connectivity index (χ0n) is 16.2. The molecule has 0 radical (unpaired) electrons. The minimum absolute atomic E-state index is 0.775. The normalized spacial score (nSPS) is 20.5. The number of rotatable bonds is 3. The van der Waals surface area contributed by atoms with Gasteiger partial charge < -0.3 is 14.5 Å². The molecule has 0 spiro atoms. The van der Waals surface area contributed by atoms with E-state index >= 15 is 0 Å². The van der Waals surface area contributed by atoms with E-state index in [-0.39, 0.29) is 0 Å². The van der Waals surface area contributed by atoms with E-state index in [1.165, 1.54) is 50.3 Å². The van der Waals surface area contributed by atoms with E-state index in [1.807, 2.05) is 13.8 Å². The van der Waals surface area contributed by atoms with Gasteiger partial charge in [-0.1, -0.05) is 19.9 Å². The van der Waals surface area contributed by atoms with Crippen molar-refractivity contribution in [2.75, 3.05) is 58.3 Å². The fourth-order valence-electron chi connectivity index (χ4n) is 3.68. The number of anilines is 1. The summed E-state index contributed by atoms with van der Waals surface area (Å²) in [5.41, 5.74) is 2.51. The van der Waals surface area contributed by atoms with E-state index in [9.17, 15) is 0 Å². The maximum Gasteiger partial charge on any atom is 0.123 e. The zero-order chi connectivity index (χ0) is 17.5. The molecule has 2 aliphatic heterocycles. The average molecular weight is 334 g/mol. The molecule has 0 N–H and O–H groups in total.